The highest BCUT2D eigenvalue weighted by molar-refractivity contribution is 6.30. The van der Waals surface area contributed by atoms with Gasteiger partial charge in [-0.1, -0.05) is 35.9 Å². The van der Waals surface area contributed by atoms with Crippen LogP contribution >= 0.6 is 11.6 Å². The van der Waals surface area contributed by atoms with Crippen molar-refractivity contribution >= 4 is 29.0 Å². The number of halogens is 1. The van der Waals surface area contributed by atoms with Gasteiger partial charge in [-0.15, -0.1) is 0 Å². The summed E-state index contributed by atoms with van der Waals surface area (Å²) in [5.41, 5.74) is 2.75. The number of rotatable bonds is 8. The zero-order valence-corrected chi connectivity index (χ0v) is 19.5. The monoisotopic (exact) mass is 464 g/mol. The lowest BCUT2D eigenvalue weighted by molar-refractivity contribution is 0.102. The van der Waals surface area contributed by atoms with Gasteiger partial charge in [-0.05, 0) is 73.8 Å². The molecule has 1 saturated heterocycles. The highest BCUT2D eigenvalue weighted by Crippen LogP contribution is 2.23. The van der Waals surface area contributed by atoms with Crippen molar-refractivity contribution in [1.29, 1.82) is 0 Å². The van der Waals surface area contributed by atoms with Gasteiger partial charge < -0.3 is 15.4 Å². The largest absolute Gasteiger partial charge is 0.497 e. The van der Waals surface area contributed by atoms with Gasteiger partial charge in [0.2, 0.25) is 0 Å². The van der Waals surface area contributed by atoms with Crippen LogP contribution in [0.25, 0.3) is 0 Å². The summed E-state index contributed by atoms with van der Waals surface area (Å²) in [5.74, 6) is 1.75. The highest BCUT2D eigenvalue weighted by atomic mass is 35.5. The Bertz CT molecular complexity index is 1050. The molecule has 0 bridgehead atoms. The van der Waals surface area contributed by atoms with Crippen LogP contribution in [0.3, 0.4) is 0 Å². The number of aromatic nitrogens is 1. The number of carbonyl (C=O) groups excluding carboxylic acids is 1. The molecule has 0 aliphatic carbocycles. The average molecular weight is 465 g/mol. The Kier molecular flexibility index (Phi) is 7.81. The molecule has 0 atom stereocenters. The number of ether oxygens (including phenoxy) is 1. The highest BCUT2D eigenvalue weighted by Gasteiger charge is 2.20. The summed E-state index contributed by atoms with van der Waals surface area (Å²) in [5, 5.41) is 6.87. The fourth-order valence-corrected chi connectivity index (χ4v) is 4.17. The Balaban J connectivity index is 1.27. The van der Waals surface area contributed by atoms with Gasteiger partial charge >= 0.3 is 0 Å². The van der Waals surface area contributed by atoms with Crippen molar-refractivity contribution in [2.45, 2.75) is 19.4 Å². The fourth-order valence-electron chi connectivity index (χ4n) is 4.06. The molecule has 1 aliphatic rings. The third-order valence-electron chi connectivity index (χ3n) is 5.99. The number of benzene rings is 2. The van der Waals surface area contributed by atoms with Crippen LogP contribution < -0.4 is 15.4 Å². The molecule has 1 fully saturated rings. The van der Waals surface area contributed by atoms with Crippen molar-refractivity contribution in [3.8, 4) is 5.75 Å². The van der Waals surface area contributed by atoms with Gasteiger partial charge in [-0.3, -0.25) is 9.69 Å². The number of anilines is 2. The SMILES string of the molecule is COc1ccc(CN2CCC(CNc3ccccc3C(=O)Nc3ccc(Cl)cn3)CC2)cc1. The molecule has 2 aromatic carbocycles. The van der Waals surface area contributed by atoms with Gasteiger partial charge in [0.15, 0.2) is 0 Å². The van der Waals surface area contributed by atoms with E-state index < -0.39 is 0 Å². The van der Waals surface area contributed by atoms with Crippen molar-refractivity contribution in [2.75, 3.05) is 37.4 Å². The Morgan fingerprint density at radius 3 is 2.55 bits per heavy atom. The number of amides is 1. The molecule has 1 amide bonds. The second kappa shape index (κ2) is 11.2. The summed E-state index contributed by atoms with van der Waals surface area (Å²) in [6.07, 6.45) is 3.78. The number of hydrogen-bond acceptors (Lipinski definition) is 5. The number of nitrogens with zero attached hydrogens (tertiary/aromatic N) is 2. The number of hydrogen-bond donors (Lipinski definition) is 2. The lowest BCUT2D eigenvalue weighted by Crippen LogP contribution is -2.35. The number of para-hydroxylation sites is 1. The molecule has 7 heteroatoms. The Labute approximate surface area is 199 Å². The molecule has 0 spiro atoms. The summed E-state index contributed by atoms with van der Waals surface area (Å²) >= 11 is 5.87. The molecule has 2 heterocycles. The molecular formula is C26H29ClN4O2. The first kappa shape index (κ1) is 23.1. The van der Waals surface area contributed by atoms with Crippen LogP contribution in [0.5, 0.6) is 5.75 Å². The van der Waals surface area contributed by atoms with E-state index >= 15 is 0 Å². The topological polar surface area (TPSA) is 66.5 Å². The van der Waals surface area contributed by atoms with E-state index in [-0.39, 0.29) is 5.91 Å². The van der Waals surface area contributed by atoms with Gasteiger partial charge in [0.1, 0.15) is 11.6 Å². The first-order chi connectivity index (χ1) is 16.1. The lowest BCUT2D eigenvalue weighted by atomic mass is 9.96. The number of likely N-dealkylation sites (tertiary alicyclic amines) is 1. The van der Waals surface area contributed by atoms with Crippen molar-refractivity contribution in [2.24, 2.45) is 5.92 Å². The van der Waals surface area contributed by atoms with Crippen LogP contribution in [0, 0.1) is 5.92 Å². The maximum absolute atomic E-state index is 12.8. The van der Waals surface area contributed by atoms with Crippen LogP contribution in [0.4, 0.5) is 11.5 Å². The molecule has 4 rings (SSSR count). The molecule has 2 N–H and O–H groups in total. The number of nitrogens with one attached hydrogen (secondary N) is 2. The zero-order chi connectivity index (χ0) is 23.0. The van der Waals surface area contributed by atoms with Crippen molar-refractivity contribution < 1.29 is 9.53 Å². The summed E-state index contributed by atoms with van der Waals surface area (Å²) in [6.45, 7) is 3.96. The Hall–Kier alpha value is -3.09. The molecule has 1 aliphatic heterocycles. The summed E-state index contributed by atoms with van der Waals surface area (Å²) < 4.78 is 5.24. The Morgan fingerprint density at radius 2 is 1.85 bits per heavy atom. The third-order valence-corrected chi connectivity index (χ3v) is 6.22. The van der Waals surface area contributed by atoms with Crippen LogP contribution in [-0.4, -0.2) is 42.5 Å². The van der Waals surface area contributed by atoms with E-state index in [0.717, 1.165) is 50.5 Å². The van der Waals surface area contributed by atoms with Gasteiger partial charge in [0.05, 0.1) is 17.7 Å². The second-order valence-electron chi connectivity index (χ2n) is 8.31. The van der Waals surface area contributed by atoms with Crippen molar-refractivity contribution in [3.05, 3.63) is 83.0 Å². The number of methoxy groups -OCH3 is 1. The zero-order valence-electron chi connectivity index (χ0n) is 18.8. The van der Waals surface area contributed by atoms with Gasteiger partial charge in [-0.25, -0.2) is 4.98 Å². The standard InChI is InChI=1S/C26H29ClN4O2/c1-33-22-9-6-20(7-10-22)18-31-14-12-19(13-15-31)16-28-24-5-3-2-4-23(24)26(32)30-25-11-8-21(27)17-29-25/h2-11,17,19,28H,12-16,18H2,1H3,(H,29,30,32). The summed E-state index contributed by atoms with van der Waals surface area (Å²) in [6, 6.07) is 19.3. The quantitative estimate of drug-likeness (QED) is 0.472. The minimum atomic E-state index is -0.192. The molecular weight excluding hydrogens is 436 g/mol. The van der Waals surface area contributed by atoms with Crippen LogP contribution in [0.2, 0.25) is 5.02 Å². The van der Waals surface area contributed by atoms with E-state index in [1.165, 1.54) is 11.8 Å². The van der Waals surface area contributed by atoms with E-state index in [1.807, 2.05) is 36.4 Å². The maximum Gasteiger partial charge on any atom is 0.258 e. The van der Waals surface area contributed by atoms with Crippen molar-refractivity contribution in [1.82, 2.24) is 9.88 Å². The first-order valence-electron chi connectivity index (χ1n) is 11.2. The molecule has 172 valence electrons. The smallest absolute Gasteiger partial charge is 0.258 e. The van der Waals surface area contributed by atoms with Crippen molar-refractivity contribution in [3.63, 3.8) is 0 Å². The average Bonchev–Trinajstić information content (AvgIpc) is 2.85. The predicted octanol–water partition coefficient (Wildman–Crippen LogP) is 5.32. The molecule has 1 aromatic heterocycles. The van der Waals surface area contributed by atoms with Gasteiger partial charge in [-0.2, -0.15) is 0 Å². The van der Waals surface area contributed by atoms with E-state index in [4.69, 9.17) is 16.3 Å². The lowest BCUT2D eigenvalue weighted by Gasteiger charge is -2.32. The molecule has 0 unspecified atom stereocenters. The second-order valence-corrected chi connectivity index (χ2v) is 8.75. The molecule has 33 heavy (non-hydrogen) atoms. The maximum atomic E-state index is 12.8. The molecule has 0 radical (unpaired) electrons. The van der Waals surface area contributed by atoms with E-state index in [0.29, 0.717) is 22.3 Å². The first-order valence-corrected chi connectivity index (χ1v) is 11.6. The van der Waals surface area contributed by atoms with E-state index in [2.05, 4.69) is 32.7 Å². The number of pyridine rings is 1. The molecule has 0 saturated carbocycles. The number of carbonyl (C=O) groups is 1. The number of piperidine rings is 1. The minimum absolute atomic E-state index is 0.192. The van der Waals surface area contributed by atoms with Gasteiger partial charge in [0.25, 0.3) is 5.91 Å². The summed E-state index contributed by atoms with van der Waals surface area (Å²) in [4.78, 5) is 19.4. The van der Waals surface area contributed by atoms with Crippen LogP contribution in [0.15, 0.2) is 66.9 Å². The third kappa shape index (κ3) is 6.46. The van der Waals surface area contributed by atoms with E-state index in [9.17, 15) is 4.79 Å². The van der Waals surface area contributed by atoms with E-state index in [1.54, 1.807) is 19.2 Å². The minimum Gasteiger partial charge on any atom is -0.497 e. The molecule has 3 aromatic rings. The normalized spacial score (nSPS) is 14.6. The Morgan fingerprint density at radius 1 is 1.09 bits per heavy atom. The van der Waals surface area contributed by atoms with Gasteiger partial charge in [0, 0.05) is 25.0 Å². The fraction of sp³-hybridized carbons (Fsp3) is 0.308. The molecule has 6 nitrogen and oxygen atoms in total. The predicted molar refractivity (Wildman–Crippen MR) is 133 cm³/mol. The van der Waals surface area contributed by atoms with Crippen LogP contribution in [-0.2, 0) is 6.54 Å². The van der Waals surface area contributed by atoms with Crippen LogP contribution in [0.1, 0.15) is 28.8 Å². The summed E-state index contributed by atoms with van der Waals surface area (Å²) in [7, 11) is 1.69.